The lowest BCUT2D eigenvalue weighted by atomic mass is 10.2. The molecule has 100 valence electrons. The SMILES string of the molecule is CC1CN(c2nc3cc([N+](=O)[O-])ccc3s2)CCN1. The molecule has 7 heteroatoms. The third-order valence-corrected chi connectivity index (χ3v) is 4.31. The first-order chi connectivity index (χ1) is 9.13. The minimum atomic E-state index is -0.384. The summed E-state index contributed by atoms with van der Waals surface area (Å²) in [5, 5.41) is 15.1. The predicted molar refractivity (Wildman–Crippen MR) is 76.0 cm³/mol. The van der Waals surface area contributed by atoms with E-state index in [1.54, 1.807) is 23.5 Å². The van der Waals surface area contributed by atoms with Gasteiger partial charge in [0.05, 0.1) is 15.1 Å². The fourth-order valence-corrected chi connectivity index (χ4v) is 3.24. The van der Waals surface area contributed by atoms with Crippen molar-refractivity contribution in [3.63, 3.8) is 0 Å². The van der Waals surface area contributed by atoms with Crippen LogP contribution in [-0.4, -0.2) is 35.6 Å². The number of aromatic nitrogens is 1. The van der Waals surface area contributed by atoms with Crippen LogP contribution in [0.5, 0.6) is 0 Å². The van der Waals surface area contributed by atoms with Gasteiger partial charge < -0.3 is 10.2 Å². The number of hydrogen-bond acceptors (Lipinski definition) is 6. The number of nitro groups is 1. The Balaban J connectivity index is 1.94. The third-order valence-electron chi connectivity index (χ3n) is 3.21. The van der Waals surface area contributed by atoms with Crippen LogP contribution in [0.2, 0.25) is 0 Å². The van der Waals surface area contributed by atoms with Crippen LogP contribution in [0.3, 0.4) is 0 Å². The molecule has 1 aliphatic heterocycles. The van der Waals surface area contributed by atoms with Gasteiger partial charge in [0.25, 0.3) is 5.69 Å². The molecule has 1 unspecified atom stereocenters. The van der Waals surface area contributed by atoms with E-state index in [9.17, 15) is 10.1 Å². The summed E-state index contributed by atoms with van der Waals surface area (Å²) in [5.74, 6) is 0. The Hall–Kier alpha value is -1.73. The van der Waals surface area contributed by atoms with Crippen LogP contribution >= 0.6 is 11.3 Å². The number of nitrogens with zero attached hydrogens (tertiary/aromatic N) is 3. The van der Waals surface area contributed by atoms with Gasteiger partial charge in [-0.2, -0.15) is 0 Å². The van der Waals surface area contributed by atoms with Gasteiger partial charge in [-0.25, -0.2) is 4.98 Å². The normalized spacial score (nSPS) is 19.8. The Labute approximate surface area is 114 Å². The van der Waals surface area contributed by atoms with Gasteiger partial charge in [-0.3, -0.25) is 10.1 Å². The fourth-order valence-electron chi connectivity index (χ4n) is 2.26. The molecule has 19 heavy (non-hydrogen) atoms. The number of non-ortho nitro benzene ring substituents is 1. The quantitative estimate of drug-likeness (QED) is 0.672. The van der Waals surface area contributed by atoms with Crippen LogP contribution in [0.4, 0.5) is 10.8 Å². The highest BCUT2D eigenvalue weighted by Crippen LogP contribution is 2.31. The summed E-state index contributed by atoms with van der Waals surface area (Å²) in [7, 11) is 0. The molecule has 6 nitrogen and oxygen atoms in total. The molecular formula is C12H14N4O2S. The molecule has 1 aromatic carbocycles. The fraction of sp³-hybridized carbons (Fsp3) is 0.417. The van der Waals surface area contributed by atoms with Crippen molar-refractivity contribution in [3.05, 3.63) is 28.3 Å². The molecular weight excluding hydrogens is 264 g/mol. The minimum Gasteiger partial charge on any atom is -0.345 e. The zero-order chi connectivity index (χ0) is 13.4. The summed E-state index contributed by atoms with van der Waals surface area (Å²) in [6, 6.07) is 5.29. The van der Waals surface area contributed by atoms with E-state index in [1.165, 1.54) is 6.07 Å². The van der Waals surface area contributed by atoms with Crippen LogP contribution in [0.15, 0.2) is 18.2 Å². The number of hydrogen-bond donors (Lipinski definition) is 1. The van der Waals surface area contributed by atoms with E-state index in [0.717, 1.165) is 29.5 Å². The number of benzene rings is 1. The van der Waals surface area contributed by atoms with Gasteiger partial charge in [-0.05, 0) is 13.0 Å². The molecule has 0 saturated carbocycles. The first-order valence-corrected chi connectivity index (χ1v) is 6.98. The van der Waals surface area contributed by atoms with Crippen LogP contribution in [-0.2, 0) is 0 Å². The molecule has 0 bridgehead atoms. The first kappa shape index (κ1) is 12.3. The molecule has 1 fully saturated rings. The molecule has 2 aromatic rings. The van der Waals surface area contributed by atoms with Gasteiger partial charge in [0.1, 0.15) is 0 Å². The molecule has 1 aromatic heterocycles. The van der Waals surface area contributed by atoms with Crippen molar-refractivity contribution in [2.45, 2.75) is 13.0 Å². The summed E-state index contributed by atoms with van der Waals surface area (Å²) in [6.07, 6.45) is 0. The number of rotatable bonds is 2. The maximum absolute atomic E-state index is 10.8. The lowest BCUT2D eigenvalue weighted by Gasteiger charge is -2.31. The summed E-state index contributed by atoms with van der Waals surface area (Å²) < 4.78 is 0.992. The summed E-state index contributed by atoms with van der Waals surface area (Å²) in [4.78, 5) is 17.1. The smallest absolute Gasteiger partial charge is 0.271 e. The molecule has 3 rings (SSSR count). The van der Waals surface area contributed by atoms with Crippen LogP contribution in [0.25, 0.3) is 10.2 Å². The molecule has 0 spiro atoms. The lowest BCUT2D eigenvalue weighted by molar-refractivity contribution is -0.384. The second kappa shape index (κ2) is 4.75. The molecule has 0 amide bonds. The molecule has 1 saturated heterocycles. The van der Waals surface area contributed by atoms with Gasteiger partial charge in [-0.15, -0.1) is 0 Å². The Bertz CT molecular complexity index is 627. The molecule has 0 radical (unpaired) electrons. The second-order valence-corrected chi connectivity index (χ2v) is 5.72. The van der Waals surface area contributed by atoms with Gasteiger partial charge in [0, 0.05) is 37.8 Å². The average molecular weight is 278 g/mol. The third kappa shape index (κ3) is 2.39. The van der Waals surface area contributed by atoms with E-state index < -0.39 is 0 Å². The van der Waals surface area contributed by atoms with Gasteiger partial charge in [0.2, 0.25) is 0 Å². The van der Waals surface area contributed by atoms with Crippen molar-refractivity contribution in [1.29, 1.82) is 0 Å². The minimum absolute atomic E-state index is 0.0954. The summed E-state index contributed by atoms with van der Waals surface area (Å²) in [5.41, 5.74) is 0.804. The van der Waals surface area contributed by atoms with E-state index in [1.807, 2.05) is 0 Å². The van der Waals surface area contributed by atoms with E-state index in [0.29, 0.717) is 11.6 Å². The largest absolute Gasteiger partial charge is 0.345 e. The number of thiazole rings is 1. The van der Waals surface area contributed by atoms with Crippen molar-refractivity contribution < 1.29 is 4.92 Å². The highest BCUT2D eigenvalue weighted by molar-refractivity contribution is 7.22. The Morgan fingerprint density at radius 3 is 3.16 bits per heavy atom. The number of fused-ring (bicyclic) bond motifs is 1. The Kier molecular flexibility index (Phi) is 3.08. The second-order valence-electron chi connectivity index (χ2n) is 4.71. The van der Waals surface area contributed by atoms with Gasteiger partial charge in [-0.1, -0.05) is 11.3 Å². The number of nitro benzene ring substituents is 1. The topological polar surface area (TPSA) is 71.3 Å². The van der Waals surface area contributed by atoms with E-state index in [4.69, 9.17) is 0 Å². The van der Waals surface area contributed by atoms with Crippen molar-refractivity contribution in [2.75, 3.05) is 24.5 Å². The molecule has 0 aliphatic carbocycles. The van der Waals surface area contributed by atoms with E-state index in [-0.39, 0.29) is 10.6 Å². The van der Waals surface area contributed by atoms with E-state index in [2.05, 4.69) is 22.1 Å². The highest BCUT2D eigenvalue weighted by atomic mass is 32.1. The molecule has 1 aliphatic rings. The van der Waals surface area contributed by atoms with E-state index >= 15 is 0 Å². The van der Waals surface area contributed by atoms with Crippen LogP contribution < -0.4 is 10.2 Å². The number of anilines is 1. The number of piperazine rings is 1. The molecule has 1 N–H and O–H groups in total. The summed E-state index contributed by atoms with van der Waals surface area (Å²) >= 11 is 1.59. The first-order valence-electron chi connectivity index (χ1n) is 6.17. The van der Waals surface area contributed by atoms with Crippen molar-refractivity contribution in [1.82, 2.24) is 10.3 Å². The zero-order valence-corrected chi connectivity index (χ0v) is 11.3. The maximum Gasteiger partial charge on any atom is 0.271 e. The average Bonchev–Trinajstić information content (AvgIpc) is 2.81. The maximum atomic E-state index is 10.8. The molecule has 1 atom stereocenters. The van der Waals surface area contributed by atoms with Crippen LogP contribution in [0.1, 0.15) is 6.92 Å². The molecule has 2 heterocycles. The highest BCUT2D eigenvalue weighted by Gasteiger charge is 2.19. The zero-order valence-electron chi connectivity index (χ0n) is 10.5. The standard InChI is InChI=1S/C12H14N4O2S/c1-8-7-15(5-4-13-8)12-14-10-6-9(16(17)18)2-3-11(10)19-12/h2-3,6,8,13H,4-5,7H2,1H3. The van der Waals surface area contributed by atoms with Gasteiger partial charge in [0.15, 0.2) is 5.13 Å². The monoisotopic (exact) mass is 278 g/mol. The van der Waals surface area contributed by atoms with Crippen molar-refractivity contribution in [3.8, 4) is 0 Å². The lowest BCUT2D eigenvalue weighted by Crippen LogP contribution is -2.49. The Morgan fingerprint density at radius 1 is 1.58 bits per heavy atom. The number of nitrogens with one attached hydrogen (secondary N) is 1. The van der Waals surface area contributed by atoms with Crippen molar-refractivity contribution in [2.24, 2.45) is 0 Å². The van der Waals surface area contributed by atoms with Gasteiger partial charge >= 0.3 is 0 Å². The van der Waals surface area contributed by atoms with Crippen LogP contribution in [0, 0.1) is 10.1 Å². The Morgan fingerprint density at radius 2 is 2.42 bits per heavy atom. The predicted octanol–water partition coefficient (Wildman–Crippen LogP) is 2.00. The summed E-state index contributed by atoms with van der Waals surface area (Å²) in [6.45, 7) is 4.93. The van der Waals surface area contributed by atoms with Crippen molar-refractivity contribution >= 4 is 32.4 Å².